The molecule has 0 saturated heterocycles. The van der Waals surface area contributed by atoms with E-state index in [-0.39, 0.29) is 18.5 Å². The van der Waals surface area contributed by atoms with E-state index in [0.29, 0.717) is 12.0 Å². The molecule has 1 N–H and O–H groups in total. The maximum absolute atomic E-state index is 12.4. The van der Waals surface area contributed by atoms with Crippen molar-refractivity contribution < 1.29 is 30.6 Å². The van der Waals surface area contributed by atoms with Crippen molar-refractivity contribution in [3.05, 3.63) is 29.3 Å². The fourth-order valence-electron chi connectivity index (χ4n) is 2.09. The Balaban J connectivity index is 2.92. The van der Waals surface area contributed by atoms with E-state index in [1.807, 2.05) is 12.2 Å². The molecule has 0 saturated carbocycles. The Hall–Kier alpha value is -1.61. The topological polar surface area (TPSA) is 72.5 Å². The Labute approximate surface area is 139 Å². The van der Waals surface area contributed by atoms with E-state index in [1.54, 1.807) is 19.1 Å². The van der Waals surface area contributed by atoms with E-state index in [1.165, 1.54) is 6.07 Å². The molecule has 0 fully saturated rings. The van der Waals surface area contributed by atoms with Crippen LogP contribution in [0.4, 0.5) is 18.9 Å². The first-order chi connectivity index (χ1) is 10.9. The van der Waals surface area contributed by atoms with Gasteiger partial charge < -0.3 is 5.32 Å². The summed E-state index contributed by atoms with van der Waals surface area (Å²) in [6, 6.07) is 4.74. The highest BCUT2D eigenvalue weighted by Crippen LogP contribution is 2.24. The van der Waals surface area contributed by atoms with Crippen molar-refractivity contribution in [1.82, 2.24) is 0 Å². The second kappa shape index (κ2) is 7.98. The Morgan fingerprint density at radius 1 is 1.33 bits per heavy atom. The number of halogens is 3. The maximum atomic E-state index is 12.4. The number of amides is 1. The van der Waals surface area contributed by atoms with Crippen molar-refractivity contribution in [1.29, 1.82) is 0 Å². The molecule has 1 amide bonds. The number of hydrogen-bond acceptors (Lipinski definition) is 4. The summed E-state index contributed by atoms with van der Waals surface area (Å²) in [5.41, 5.74) is 1.45. The van der Waals surface area contributed by atoms with Crippen molar-refractivity contribution in [3.63, 3.8) is 0 Å². The van der Waals surface area contributed by atoms with Crippen molar-refractivity contribution in [2.45, 2.75) is 45.4 Å². The molecular weight excluding hydrogens is 347 g/mol. The molecule has 0 aliphatic rings. The maximum Gasteiger partial charge on any atom is 0.471 e. The number of hydrogen-bond donors (Lipinski definition) is 1. The quantitative estimate of drug-likeness (QED) is 0.752. The minimum atomic E-state index is -4.98. The Bertz CT molecular complexity index is 686. The van der Waals surface area contributed by atoms with Gasteiger partial charge in [0.15, 0.2) is 0 Å². The van der Waals surface area contributed by atoms with Crippen LogP contribution in [-0.2, 0) is 31.9 Å². The molecule has 1 unspecified atom stereocenters. The van der Waals surface area contributed by atoms with Gasteiger partial charge in [-0.2, -0.15) is 21.6 Å². The minimum absolute atomic E-state index is 0.0566. The number of carbonyl (C=O) groups excluding carboxylic acids is 1. The number of carbonyl (C=O) groups is 1. The number of alkyl halides is 3. The molecule has 136 valence electrons. The van der Waals surface area contributed by atoms with Gasteiger partial charge in [0, 0.05) is 5.69 Å². The highest BCUT2D eigenvalue weighted by molar-refractivity contribution is 7.86. The van der Waals surface area contributed by atoms with Crippen LogP contribution in [0.3, 0.4) is 0 Å². The molecule has 0 aromatic heterocycles. The van der Waals surface area contributed by atoms with Crippen LogP contribution in [-0.4, -0.2) is 32.9 Å². The summed E-state index contributed by atoms with van der Waals surface area (Å²) in [6.45, 7) is 3.45. The molecule has 5 nitrogen and oxygen atoms in total. The highest BCUT2D eigenvalue weighted by Gasteiger charge is 2.38. The number of anilines is 1. The summed E-state index contributed by atoms with van der Waals surface area (Å²) in [7, 11) is -3.61. The zero-order chi connectivity index (χ0) is 18.5. The van der Waals surface area contributed by atoms with Crippen molar-refractivity contribution in [2.24, 2.45) is 0 Å². The van der Waals surface area contributed by atoms with Crippen LogP contribution in [0.25, 0.3) is 0 Å². The van der Waals surface area contributed by atoms with Gasteiger partial charge in [0.1, 0.15) is 0 Å². The molecule has 0 aliphatic heterocycles. The standard InChI is InChI=1S/C15H20F3NO4S/c1-4-11-6-8-13(19-14(20)15(16,17)18)12(9-11)7-5-10(2)23-24(3,21)22/h6,8-10H,4-5,7H2,1-3H3,(H,19,20). The van der Waals surface area contributed by atoms with Gasteiger partial charge in [-0.1, -0.05) is 19.1 Å². The van der Waals surface area contributed by atoms with Crippen LogP contribution in [0, 0.1) is 0 Å². The molecule has 1 rings (SSSR count). The molecule has 0 bridgehead atoms. The van der Waals surface area contributed by atoms with E-state index >= 15 is 0 Å². The molecular formula is C15H20F3NO4S. The van der Waals surface area contributed by atoms with Gasteiger partial charge in [0.2, 0.25) is 0 Å². The molecule has 9 heteroatoms. The first-order valence-electron chi connectivity index (χ1n) is 7.30. The lowest BCUT2D eigenvalue weighted by Crippen LogP contribution is -2.30. The van der Waals surface area contributed by atoms with Gasteiger partial charge in [-0.3, -0.25) is 8.98 Å². The van der Waals surface area contributed by atoms with Crippen molar-refractivity contribution in [3.8, 4) is 0 Å². The molecule has 0 radical (unpaired) electrons. The number of aryl methyl sites for hydroxylation is 2. The summed E-state index contributed by atoms with van der Waals surface area (Å²) in [6.07, 6.45) is -3.47. The molecule has 0 aliphatic carbocycles. The minimum Gasteiger partial charge on any atom is -0.318 e. The summed E-state index contributed by atoms with van der Waals surface area (Å²) >= 11 is 0. The fourth-order valence-corrected chi connectivity index (χ4v) is 2.79. The van der Waals surface area contributed by atoms with Gasteiger partial charge >= 0.3 is 12.1 Å². The average Bonchev–Trinajstić information content (AvgIpc) is 2.43. The monoisotopic (exact) mass is 367 g/mol. The van der Waals surface area contributed by atoms with E-state index in [4.69, 9.17) is 4.18 Å². The summed E-state index contributed by atoms with van der Waals surface area (Å²) in [5, 5.41) is 1.85. The van der Waals surface area contributed by atoms with E-state index in [2.05, 4.69) is 0 Å². The van der Waals surface area contributed by atoms with Gasteiger partial charge in [-0.25, -0.2) is 0 Å². The van der Waals surface area contributed by atoms with Gasteiger partial charge in [0.25, 0.3) is 10.1 Å². The van der Waals surface area contributed by atoms with Crippen LogP contribution in [0.5, 0.6) is 0 Å². The van der Waals surface area contributed by atoms with Crippen molar-refractivity contribution in [2.75, 3.05) is 11.6 Å². The number of benzene rings is 1. The number of nitrogens with one attached hydrogen (secondary N) is 1. The molecule has 1 atom stereocenters. The predicted octanol–water partition coefficient (Wildman–Crippen LogP) is 3.05. The molecule has 1 aromatic carbocycles. The van der Waals surface area contributed by atoms with Crippen LogP contribution in [0.1, 0.15) is 31.4 Å². The second-order valence-electron chi connectivity index (χ2n) is 5.45. The van der Waals surface area contributed by atoms with Crippen molar-refractivity contribution >= 4 is 21.7 Å². The zero-order valence-electron chi connectivity index (χ0n) is 13.6. The third-order valence-corrected chi connectivity index (χ3v) is 3.92. The van der Waals surface area contributed by atoms with Crippen LogP contribution in [0.2, 0.25) is 0 Å². The Morgan fingerprint density at radius 2 is 1.96 bits per heavy atom. The van der Waals surface area contributed by atoms with E-state index in [9.17, 15) is 26.4 Å². The third-order valence-electron chi connectivity index (χ3n) is 3.24. The van der Waals surface area contributed by atoms with Gasteiger partial charge in [-0.05, 0) is 43.4 Å². The van der Waals surface area contributed by atoms with Crippen LogP contribution in [0.15, 0.2) is 18.2 Å². The zero-order valence-corrected chi connectivity index (χ0v) is 14.4. The highest BCUT2D eigenvalue weighted by atomic mass is 32.2. The molecule has 1 aromatic rings. The lowest BCUT2D eigenvalue weighted by molar-refractivity contribution is -0.167. The SMILES string of the molecule is CCc1ccc(NC(=O)C(F)(F)F)c(CCC(C)OS(C)(=O)=O)c1. The average molecular weight is 367 g/mol. The summed E-state index contributed by atoms with van der Waals surface area (Å²) in [4.78, 5) is 11.1. The molecule has 0 spiro atoms. The van der Waals surface area contributed by atoms with Gasteiger partial charge in [-0.15, -0.1) is 0 Å². The van der Waals surface area contributed by atoms with Crippen LogP contribution < -0.4 is 5.32 Å². The van der Waals surface area contributed by atoms with Crippen LogP contribution >= 0.6 is 0 Å². The third kappa shape index (κ3) is 6.88. The normalized spacial score (nSPS) is 13.6. The van der Waals surface area contributed by atoms with E-state index < -0.39 is 28.3 Å². The predicted molar refractivity (Wildman–Crippen MR) is 84.2 cm³/mol. The van der Waals surface area contributed by atoms with Gasteiger partial charge in [0.05, 0.1) is 12.4 Å². The van der Waals surface area contributed by atoms with E-state index in [0.717, 1.165) is 11.8 Å². The molecule has 24 heavy (non-hydrogen) atoms. The Kier molecular flexibility index (Phi) is 6.79. The lowest BCUT2D eigenvalue weighted by Gasteiger charge is -2.16. The smallest absolute Gasteiger partial charge is 0.318 e. The number of rotatable bonds is 7. The summed E-state index contributed by atoms with van der Waals surface area (Å²) in [5.74, 6) is -2.05. The first-order valence-corrected chi connectivity index (χ1v) is 9.12. The Morgan fingerprint density at radius 3 is 2.46 bits per heavy atom. The fraction of sp³-hybridized carbons (Fsp3) is 0.533. The first kappa shape index (κ1) is 20.4. The lowest BCUT2D eigenvalue weighted by atomic mass is 10.0. The summed E-state index contributed by atoms with van der Waals surface area (Å²) < 4.78 is 64.2. The molecule has 0 heterocycles. The largest absolute Gasteiger partial charge is 0.471 e. The second-order valence-corrected chi connectivity index (χ2v) is 7.05.